The Morgan fingerprint density at radius 3 is 2.10 bits per heavy atom. The Kier molecular flexibility index (Phi) is 4.18. The quantitative estimate of drug-likeness (QED) is 0.874. The molecule has 2 aromatic rings. The van der Waals surface area contributed by atoms with E-state index < -0.39 is 6.04 Å². The first-order chi connectivity index (χ1) is 10.1. The molecule has 6 heteroatoms. The van der Waals surface area contributed by atoms with E-state index in [9.17, 15) is 0 Å². The average molecular weight is 345 g/mol. The fourth-order valence-corrected chi connectivity index (χ4v) is 3.19. The number of fused-ring (bicyclic) bond motifs is 1. The molecule has 0 radical (unpaired) electrons. The summed E-state index contributed by atoms with van der Waals surface area (Å²) >= 11 is 18.7. The molecular formula is C15H12Cl3NO2. The second kappa shape index (κ2) is 5.93. The lowest BCUT2D eigenvalue weighted by Crippen LogP contribution is -2.18. The van der Waals surface area contributed by atoms with E-state index in [1.165, 1.54) is 0 Å². The zero-order valence-electron chi connectivity index (χ0n) is 10.9. The van der Waals surface area contributed by atoms with Gasteiger partial charge in [0.15, 0.2) is 11.5 Å². The second-order valence-corrected chi connectivity index (χ2v) is 5.85. The highest BCUT2D eigenvalue weighted by Crippen LogP contribution is 2.41. The van der Waals surface area contributed by atoms with Crippen molar-refractivity contribution in [3.05, 3.63) is 56.5 Å². The number of hydrogen-bond donors (Lipinski definition) is 1. The van der Waals surface area contributed by atoms with Crippen LogP contribution < -0.4 is 15.2 Å². The summed E-state index contributed by atoms with van der Waals surface area (Å²) in [6, 6.07) is 8.20. The molecule has 0 saturated heterocycles. The highest BCUT2D eigenvalue weighted by atomic mass is 35.5. The molecule has 1 aliphatic rings. The number of rotatable bonds is 2. The molecule has 1 atom stereocenters. The molecule has 1 heterocycles. The van der Waals surface area contributed by atoms with Crippen LogP contribution in [0.3, 0.4) is 0 Å². The first-order valence-corrected chi connectivity index (χ1v) is 7.50. The van der Waals surface area contributed by atoms with Crippen molar-refractivity contribution in [3.63, 3.8) is 0 Å². The summed E-state index contributed by atoms with van der Waals surface area (Å²) in [6.07, 6.45) is 0. The van der Waals surface area contributed by atoms with Gasteiger partial charge in [0.25, 0.3) is 0 Å². The smallest absolute Gasteiger partial charge is 0.162 e. The van der Waals surface area contributed by atoms with Crippen LogP contribution in [0.2, 0.25) is 15.1 Å². The topological polar surface area (TPSA) is 44.5 Å². The predicted octanol–water partition coefficient (Wildman–Crippen LogP) is 4.47. The average Bonchev–Trinajstić information content (AvgIpc) is 2.46. The molecule has 2 N–H and O–H groups in total. The summed E-state index contributed by atoms with van der Waals surface area (Å²) in [4.78, 5) is 0. The highest BCUT2D eigenvalue weighted by Gasteiger charge is 2.22. The monoisotopic (exact) mass is 343 g/mol. The molecule has 0 amide bonds. The van der Waals surface area contributed by atoms with Crippen LogP contribution in [0.1, 0.15) is 17.2 Å². The van der Waals surface area contributed by atoms with Crippen molar-refractivity contribution in [3.8, 4) is 11.5 Å². The number of ether oxygens (including phenoxy) is 2. The van der Waals surface area contributed by atoms with Crippen molar-refractivity contribution in [2.75, 3.05) is 13.2 Å². The summed E-state index contributed by atoms with van der Waals surface area (Å²) in [5.74, 6) is 1.24. The summed E-state index contributed by atoms with van der Waals surface area (Å²) in [5.41, 5.74) is 7.63. The Morgan fingerprint density at radius 2 is 1.48 bits per heavy atom. The first kappa shape index (κ1) is 14.8. The van der Waals surface area contributed by atoms with Crippen LogP contribution in [0, 0.1) is 0 Å². The molecule has 110 valence electrons. The normalized spacial score (nSPS) is 14.9. The molecule has 0 aliphatic carbocycles. The van der Waals surface area contributed by atoms with E-state index in [2.05, 4.69) is 0 Å². The molecule has 1 unspecified atom stereocenters. The largest absolute Gasteiger partial charge is 0.486 e. The third kappa shape index (κ3) is 2.79. The minimum absolute atomic E-state index is 0.489. The van der Waals surface area contributed by atoms with Gasteiger partial charge in [0.05, 0.1) is 6.04 Å². The van der Waals surface area contributed by atoms with Crippen LogP contribution in [0.5, 0.6) is 11.5 Å². The van der Waals surface area contributed by atoms with Crippen molar-refractivity contribution in [1.82, 2.24) is 0 Å². The zero-order chi connectivity index (χ0) is 15.0. The van der Waals surface area contributed by atoms with E-state index in [1.54, 1.807) is 30.3 Å². The van der Waals surface area contributed by atoms with Gasteiger partial charge < -0.3 is 15.2 Å². The van der Waals surface area contributed by atoms with Crippen molar-refractivity contribution in [2.24, 2.45) is 5.73 Å². The molecule has 0 aromatic heterocycles. The summed E-state index contributed by atoms with van der Waals surface area (Å²) < 4.78 is 11.1. The number of benzene rings is 2. The second-order valence-electron chi connectivity index (χ2n) is 4.63. The Morgan fingerprint density at radius 1 is 0.905 bits per heavy atom. The van der Waals surface area contributed by atoms with Crippen LogP contribution in [0.4, 0.5) is 0 Å². The van der Waals surface area contributed by atoms with Crippen LogP contribution >= 0.6 is 34.8 Å². The summed E-state index contributed by atoms with van der Waals surface area (Å²) in [5, 5.41) is 1.49. The van der Waals surface area contributed by atoms with Crippen molar-refractivity contribution >= 4 is 34.8 Å². The maximum Gasteiger partial charge on any atom is 0.162 e. The van der Waals surface area contributed by atoms with Gasteiger partial charge in [-0.15, -0.1) is 0 Å². The van der Waals surface area contributed by atoms with Gasteiger partial charge in [0, 0.05) is 26.7 Å². The molecule has 21 heavy (non-hydrogen) atoms. The molecule has 0 bridgehead atoms. The fraction of sp³-hybridized carbons (Fsp3) is 0.200. The molecule has 0 saturated carbocycles. The Bertz CT molecular complexity index is 671. The third-order valence-electron chi connectivity index (χ3n) is 3.31. The minimum Gasteiger partial charge on any atom is -0.486 e. The van der Waals surface area contributed by atoms with E-state index in [4.69, 9.17) is 50.0 Å². The van der Waals surface area contributed by atoms with E-state index in [0.717, 1.165) is 0 Å². The van der Waals surface area contributed by atoms with Gasteiger partial charge in [-0.05, 0) is 23.8 Å². The maximum absolute atomic E-state index is 6.31. The first-order valence-electron chi connectivity index (χ1n) is 6.36. The molecule has 0 spiro atoms. The third-order valence-corrected chi connectivity index (χ3v) is 4.29. The Balaban J connectivity index is 2.07. The minimum atomic E-state index is -0.547. The SMILES string of the molecule is NC(c1cc2c(cc1Cl)OCCO2)c1c(Cl)cccc1Cl. The molecule has 1 aliphatic heterocycles. The van der Waals surface area contributed by atoms with Crippen molar-refractivity contribution < 1.29 is 9.47 Å². The molecule has 3 rings (SSSR count). The van der Waals surface area contributed by atoms with Gasteiger partial charge in [-0.2, -0.15) is 0 Å². The van der Waals surface area contributed by atoms with Crippen LogP contribution in [0.15, 0.2) is 30.3 Å². The zero-order valence-corrected chi connectivity index (χ0v) is 13.2. The maximum atomic E-state index is 6.31. The van der Waals surface area contributed by atoms with Gasteiger partial charge in [-0.1, -0.05) is 40.9 Å². The standard InChI is InChI=1S/C15H12Cl3NO2/c16-9-2-1-3-10(17)14(9)15(19)8-6-12-13(7-11(8)18)21-5-4-20-12/h1-3,6-7,15H,4-5,19H2. The van der Waals surface area contributed by atoms with Gasteiger partial charge in [-0.3, -0.25) is 0 Å². The number of halogens is 3. The lowest BCUT2D eigenvalue weighted by atomic mass is 9.98. The van der Waals surface area contributed by atoms with Crippen LogP contribution in [0.25, 0.3) is 0 Å². The van der Waals surface area contributed by atoms with Crippen molar-refractivity contribution in [1.29, 1.82) is 0 Å². The molecule has 3 nitrogen and oxygen atoms in total. The van der Waals surface area contributed by atoms with E-state index in [1.807, 2.05) is 0 Å². The highest BCUT2D eigenvalue weighted by molar-refractivity contribution is 6.36. The lowest BCUT2D eigenvalue weighted by Gasteiger charge is -2.22. The molecule has 0 fully saturated rings. The fourth-order valence-electron chi connectivity index (χ4n) is 2.28. The van der Waals surface area contributed by atoms with Crippen LogP contribution in [-0.4, -0.2) is 13.2 Å². The van der Waals surface area contributed by atoms with E-state index >= 15 is 0 Å². The Hall–Kier alpha value is -1.13. The molecular weight excluding hydrogens is 333 g/mol. The molecule has 2 aromatic carbocycles. The van der Waals surface area contributed by atoms with Crippen molar-refractivity contribution in [2.45, 2.75) is 6.04 Å². The van der Waals surface area contributed by atoms with E-state index in [0.29, 0.717) is 50.9 Å². The summed E-state index contributed by atoms with van der Waals surface area (Å²) in [6.45, 7) is 1.00. The number of nitrogens with two attached hydrogens (primary N) is 1. The van der Waals surface area contributed by atoms with Crippen LogP contribution in [-0.2, 0) is 0 Å². The number of hydrogen-bond acceptors (Lipinski definition) is 3. The van der Waals surface area contributed by atoms with Gasteiger partial charge >= 0.3 is 0 Å². The Labute approximate surface area is 137 Å². The van der Waals surface area contributed by atoms with Gasteiger partial charge in [0.1, 0.15) is 13.2 Å². The predicted molar refractivity (Wildman–Crippen MR) is 84.9 cm³/mol. The van der Waals surface area contributed by atoms with Gasteiger partial charge in [-0.25, -0.2) is 0 Å². The van der Waals surface area contributed by atoms with Gasteiger partial charge in [0.2, 0.25) is 0 Å². The van der Waals surface area contributed by atoms with E-state index in [-0.39, 0.29) is 0 Å². The lowest BCUT2D eigenvalue weighted by molar-refractivity contribution is 0.171. The summed E-state index contributed by atoms with van der Waals surface area (Å²) in [7, 11) is 0.